The van der Waals surface area contributed by atoms with E-state index in [0.717, 1.165) is 0 Å². The number of amides is 2. The molecule has 0 bridgehead atoms. The van der Waals surface area contributed by atoms with E-state index >= 15 is 0 Å². The minimum Gasteiger partial charge on any atom is -0.428 e. The Morgan fingerprint density at radius 1 is 1.38 bits per heavy atom. The summed E-state index contributed by atoms with van der Waals surface area (Å²) in [5.41, 5.74) is 0.473. The van der Waals surface area contributed by atoms with E-state index in [1.807, 2.05) is 0 Å². The molecule has 21 heavy (non-hydrogen) atoms. The summed E-state index contributed by atoms with van der Waals surface area (Å²) in [4.78, 5) is 38.3. The van der Waals surface area contributed by atoms with Gasteiger partial charge in [-0.1, -0.05) is 0 Å². The van der Waals surface area contributed by atoms with Gasteiger partial charge in [-0.2, -0.15) is 0 Å². The lowest BCUT2D eigenvalue weighted by Crippen LogP contribution is -2.27. The van der Waals surface area contributed by atoms with Gasteiger partial charge in [-0.25, -0.2) is 9.59 Å². The fourth-order valence-corrected chi connectivity index (χ4v) is 1.65. The van der Waals surface area contributed by atoms with E-state index in [1.54, 1.807) is 20.8 Å². The van der Waals surface area contributed by atoms with Crippen LogP contribution in [0.15, 0.2) is 12.3 Å². The van der Waals surface area contributed by atoms with Gasteiger partial charge >= 0.3 is 12.2 Å². The molecule has 0 spiro atoms. The standard InChI is InChI=1S/C13H15N3O5/c1-13(2,3)21-12(19)20-11(18)16-7-4-8-9(14-5-7)6-15-10(8)17/h4-5H,6H2,1-3H3,(H,15,17)(H,16,18). The molecule has 0 unspecified atom stereocenters. The zero-order chi connectivity index (χ0) is 15.6. The van der Waals surface area contributed by atoms with Crippen LogP contribution in [0.2, 0.25) is 0 Å². The van der Waals surface area contributed by atoms with Crippen molar-refractivity contribution < 1.29 is 23.9 Å². The largest absolute Gasteiger partial charge is 0.517 e. The van der Waals surface area contributed by atoms with Crippen molar-refractivity contribution in [3.8, 4) is 0 Å². The van der Waals surface area contributed by atoms with E-state index in [2.05, 4.69) is 20.4 Å². The van der Waals surface area contributed by atoms with Crippen LogP contribution >= 0.6 is 0 Å². The smallest absolute Gasteiger partial charge is 0.428 e. The Morgan fingerprint density at radius 3 is 2.76 bits per heavy atom. The zero-order valence-electron chi connectivity index (χ0n) is 11.9. The molecule has 2 N–H and O–H groups in total. The van der Waals surface area contributed by atoms with Gasteiger partial charge in [0.2, 0.25) is 0 Å². The third-order valence-electron chi connectivity index (χ3n) is 2.44. The summed E-state index contributed by atoms with van der Waals surface area (Å²) in [6.45, 7) is 5.30. The molecule has 2 heterocycles. The Kier molecular flexibility index (Phi) is 3.79. The summed E-state index contributed by atoms with van der Waals surface area (Å²) in [6, 6.07) is 1.46. The van der Waals surface area contributed by atoms with Crippen LogP contribution in [0.1, 0.15) is 36.8 Å². The summed E-state index contributed by atoms with van der Waals surface area (Å²) in [6.07, 6.45) is -0.744. The van der Waals surface area contributed by atoms with Crippen molar-refractivity contribution in [2.45, 2.75) is 32.9 Å². The molecule has 1 aliphatic rings. The maximum Gasteiger partial charge on any atom is 0.517 e. The van der Waals surface area contributed by atoms with Crippen LogP contribution in [-0.4, -0.2) is 28.7 Å². The van der Waals surface area contributed by atoms with Gasteiger partial charge in [-0.3, -0.25) is 15.1 Å². The minimum atomic E-state index is -1.10. The number of aromatic nitrogens is 1. The van der Waals surface area contributed by atoms with Crippen LogP contribution in [0, 0.1) is 0 Å². The summed E-state index contributed by atoms with van der Waals surface area (Å²) in [7, 11) is 0. The number of ether oxygens (including phenoxy) is 2. The fourth-order valence-electron chi connectivity index (χ4n) is 1.65. The quantitative estimate of drug-likeness (QED) is 0.604. The second kappa shape index (κ2) is 5.39. The van der Waals surface area contributed by atoms with Crippen LogP contribution in [0.3, 0.4) is 0 Å². The van der Waals surface area contributed by atoms with E-state index in [1.165, 1.54) is 12.3 Å². The van der Waals surface area contributed by atoms with Crippen molar-refractivity contribution in [3.63, 3.8) is 0 Å². The molecule has 0 radical (unpaired) electrons. The summed E-state index contributed by atoms with van der Waals surface area (Å²) in [5, 5.41) is 4.91. The fraction of sp³-hybridized carbons (Fsp3) is 0.385. The first kappa shape index (κ1) is 14.8. The van der Waals surface area contributed by atoms with Crippen molar-refractivity contribution >= 4 is 23.8 Å². The topological polar surface area (TPSA) is 107 Å². The van der Waals surface area contributed by atoms with Gasteiger partial charge in [0.1, 0.15) is 5.60 Å². The van der Waals surface area contributed by atoms with Crippen molar-refractivity contribution in [2.24, 2.45) is 0 Å². The Morgan fingerprint density at radius 2 is 2.10 bits per heavy atom. The first-order chi connectivity index (χ1) is 9.74. The third kappa shape index (κ3) is 3.91. The maximum absolute atomic E-state index is 11.5. The number of nitrogens with one attached hydrogen (secondary N) is 2. The molecule has 1 aromatic heterocycles. The number of pyridine rings is 1. The average molecular weight is 293 g/mol. The monoisotopic (exact) mass is 293 g/mol. The Balaban J connectivity index is 1.96. The average Bonchev–Trinajstić information content (AvgIpc) is 2.68. The lowest BCUT2D eigenvalue weighted by Gasteiger charge is -2.18. The molecule has 1 aliphatic heterocycles. The number of carbonyl (C=O) groups excluding carboxylic acids is 3. The van der Waals surface area contributed by atoms with Crippen molar-refractivity contribution in [1.29, 1.82) is 0 Å². The number of fused-ring (bicyclic) bond motifs is 1. The Hall–Kier alpha value is -2.64. The molecule has 0 saturated heterocycles. The molecule has 0 fully saturated rings. The van der Waals surface area contributed by atoms with E-state index in [0.29, 0.717) is 17.8 Å². The van der Waals surface area contributed by atoms with Gasteiger partial charge in [0.05, 0.1) is 29.7 Å². The first-order valence-electron chi connectivity index (χ1n) is 6.23. The third-order valence-corrected chi connectivity index (χ3v) is 2.44. The van der Waals surface area contributed by atoms with Crippen LogP contribution in [0.5, 0.6) is 0 Å². The normalized spacial score (nSPS) is 13.2. The molecule has 0 aliphatic carbocycles. The molecule has 112 valence electrons. The van der Waals surface area contributed by atoms with Crippen LogP contribution < -0.4 is 10.6 Å². The molecular weight excluding hydrogens is 278 g/mol. The number of hydrogen-bond acceptors (Lipinski definition) is 6. The molecular formula is C13H15N3O5. The summed E-state index contributed by atoms with van der Waals surface area (Å²) in [5.74, 6) is -0.262. The van der Waals surface area contributed by atoms with Gasteiger partial charge in [0, 0.05) is 0 Å². The van der Waals surface area contributed by atoms with Crippen LogP contribution in [0.25, 0.3) is 0 Å². The maximum atomic E-state index is 11.5. The number of carbonyl (C=O) groups is 3. The van der Waals surface area contributed by atoms with Gasteiger partial charge in [-0.05, 0) is 26.8 Å². The molecule has 8 nitrogen and oxygen atoms in total. The lowest BCUT2D eigenvalue weighted by molar-refractivity contribution is 0.0111. The second-order valence-electron chi connectivity index (χ2n) is 5.38. The highest BCUT2D eigenvalue weighted by Gasteiger charge is 2.22. The molecule has 1 aromatic rings. The molecule has 0 aromatic carbocycles. The Labute approximate surface area is 120 Å². The number of anilines is 1. The van der Waals surface area contributed by atoms with Crippen molar-refractivity contribution in [1.82, 2.24) is 10.3 Å². The molecule has 2 rings (SSSR count). The van der Waals surface area contributed by atoms with Crippen molar-refractivity contribution in [2.75, 3.05) is 5.32 Å². The molecule has 8 heteroatoms. The van der Waals surface area contributed by atoms with Crippen molar-refractivity contribution in [3.05, 3.63) is 23.5 Å². The number of hydrogen-bond donors (Lipinski definition) is 2. The highest BCUT2D eigenvalue weighted by Crippen LogP contribution is 2.17. The zero-order valence-corrected chi connectivity index (χ0v) is 11.9. The highest BCUT2D eigenvalue weighted by atomic mass is 16.8. The van der Waals surface area contributed by atoms with Gasteiger partial charge < -0.3 is 14.8 Å². The predicted molar refractivity (Wildman–Crippen MR) is 71.7 cm³/mol. The van der Waals surface area contributed by atoms with E-state index in [4.69, 9.17) is 4.74 Å². The molecule has 2 amide bonds. The lowest BCUT2D eigenvalue weighted by atomic mass is 10.2. The summed E-state index contributed by atoms with van der Waals surface area (Å²) < 4.78 is 9.27. The van der Waals surface area contributed by atoms with Gasteiger partial charge in [0.25, 0.3) is 5.91 Å². The molecule has 0 saturated carbocycles. The second-order valence-corrected chi connectivity index (χ2v) is 5.38. The Bertz CT molecular complexity index is 606. The van der Waals surface area contributed by atoms with E-state index < -0.39 is 17.8 Å². The van der Waals surface area contributed by atoms with Crippen LogP contribution in [-0.2, 0) is 16.0 Å². The van der Waals surface area contributed by atoms with E-state index in [-0.39, 0.29) is 11.6 Å². The summed E-state index contributed by atoms with van der Waals surface area (Å²) >= 11 is 0. The SMILES string of the molecule is CC(C)(C)OC(=O)OC(=O)Nc1cnc2c(c1)C(=O)NC2. The highest BCUT2D eigenvalue weighted by molar-refractivity contribution is 5.99. The first-order valence-corrected chi connectivity index (χ1v) is 6.23. The van der Waals surface area contributed by atoms with Gasteiger partial charge in [-0.15, -0.1) is 0 Å². The van der Waals surface area contributed by atoms with Crippen LogP contribution in [0.4, 0.5) is 15.3 Å². The van der Waals surface area contributed by atoms with Gasteiger partial charge in [0.15, 0.2) is 0 Å². The number of nitrogens with zero attached hydrogens (tertiary/aromatic N) is 1. The number of rotatable bonds is 1. The minimum absolute atomic E-state index is 0.249. The predicted octanol–water partition coefficient (Wildman–Crippen LogP) is 1.81. The molecule has 0 atom stereocenters. The van der Waals surface area contributed by atoms with E-state index in [9.17, 15) is 14.4 Å².